The number of hydrogen-bond acceptors (Lipinski definition) is 2. The zero-order valence-electron chi connectivity index (χ0n) is 12.1. The molecule has 106 valence electrons. The SMILES string of the molecule is CCC1CCCCC1n1cc(-c2ccc(N)cc2)cn1. The van der Waals surface area contributed by atoms with Crippen molar-refractivity contribution in [2.24, 2.45) is 5.92 Å². The smallest absolute Gasteiger partial charge is 0.0568 e. The van der Waals surface area contributed by atoms with Gasteiger partial charge in [0.2, 0.25) is 0 Å². The van der Waals surface area contributed by atoms with Crippen LogP contribution in [-0.4, -0.2) is 9.78 Å². The topological polar surface area (TPSA) is 43.8 Å². The average Bonchev–Trinajstić information content (AvgIpc) is 2.97. The van der Waals surface area contributed by atoms with E-state index in [-0.39, 0.29) is 0 Å². The molecule has 2 unspecified atom stereocenters. The van der Waals surface area contributed by atoms with E-state index < -0.39 is 0 Å². The van der Waals surface area contributed by atoms with Crippen LogP contribution in [0.5, 0.6) is 0 Å². The summed E-state index contributed by atoms with van der Waals surface area (Å²) in [6.45, 7) is 2.30. The molecule has 0 radical (unpaired) electrons. The van der Waals surface area contributed by atoms with Crippen molar-refractivity contribution in [3.05, 3.63) is 36.7 Å². The third-order valence-electron chi connectivity index (χ3n) is 4.58. The molecule has 1 aromatic heterocycles. The van der Waals surface area contributed by atoms with Crippen LogP contribution in [0.4, 0.5) is 5.69 Å². The Labute approximate surface area is 120 Å². The predicted molar refractivity (Wildman–Crippen MR) is 83.4 cm³/mol. The first-order valence-electron chi connectivity index (χ1n) is 7.68. The Bertz CT molecular complexity index is 556. The van der Waals surface area contributed by atoms with Crippen molar-refractivity contribution >= 4 is 5.69 Å². The Morgan fingerprint density at radius 1 is 1.15 bits per heavy atom. The van der Waals surface area contributed by atoms with E-state index in [4.69, 9.17) is 5.73 Å². The largest absolute Gasteiger partial charge is 0.399 e. The predicted octanol–water partition coefficient (Wildman–Crippen LogP) is 4.27. The van der Waals surface area contributed by atoms with Gasteiger partial charge in [-0.25, -0.2) is 0 Å². The molecule has 0 spiro atoms. The van der Waals surface area contributed by atoms with Gasteiger partial charge < -0.3 is 5.73 Å². The molecular formula is C17H23N3. The summed E-state index contributed by atoms with van der Waals surface area (Å²) in [5.74, 6) is 0.780. The number of hydrogen-bond donors (Lipinski definition) is 1. The van der Waals surface area contributed by atoms with Gasteiger partial charge in [-0.1, -0.05) is 38.3 Å². The van der Waals surface area contributed by atoms with Crippen LogP contribution in [0.2, 0.25) is 0 Å². The van der Waals surface area contributed by atoms with Gasteiger partial charge in [-0.15, -0.1) is 0 Å². The van der Waals surface area contributed by atoms with Crippen molar-refractivity contribution in [3.63, 3.8) is 0 Å². The van der Waals surface area contributed by atoms with Gasteiger partial charge in [-0.05, 0) is 36.5 Å². The van der Waals surface area contributed by atoms with Crippen molar-refractivity contribution in [2.45, 2.75) is 45.1 Å². The van der Waals surface area contributed by atoms with Crippen LogP contribution >= 0.6 is 0 Å². The Morgan fingerprint density at radius 3 is 2.65 bits per heavy atom. The summed E-state index contributed by atoms with van der Waals surface area (Å²) in [5.41, 5.74) is 8.92. The van der Waals surface area contributed by atoms with Gasteiger partial charge in [0.05, 0.1) is 12.2 Å². The van der Waals surface area contributed by atoms with E-state index in [1.165, 1.54) is 43.2 Å². The summed E-state index contributed by atoms with van der Waals surface area (Å²) in [7, 11) is 0. The standard InChI is InChI=1S/C17H23N3/c1-2-13-5-3-4-6-17(13)20-12-15(11-19-20)14-7-9-16(18)10-8-14/h7-13,17H,2-6,18H2,1H3. The van der Waals surface area contributed by atoms with E-state index in [1.807, 2.05) is 18.3 Å². The van der Waals surface area contributed by atoms with Crippen LogP contribution in [0.3, 0.4) is 0 Å². The van der Waals surface area contributed by atoms with Crippen molar-refractivity contribution in [3.8, 4) is 11.1 Å². The molecule has 2 aromatic rings. The van der Waals surface area contributed by atoms with E-state index in [0.29, 0.717) is 6.04 Å². The van der Waals surface area contributed by atoms with Gasteiger partial charge in [0, 0.05) is 17.4 Å². The summed E-state index contributed by atoms with van der Waals surface area (Å²) < 4.78 is 2.19. The summed E-state index contributed by atoms with van der Waals surface area (Å²) in [6.07, 6.45) is 10.7. The maximum Gasteiger partial charge on any atom is 0.0568 e. The van der Waals surface area contributed by atoms with Gasteiger partial charge >= 0.3 is 0 Å². The monoisotopic (exact) mass is 269 g/mol. The molecule has 3 nitrogen and oxygen atoms in total. The number of nitrogens with two attached hydrogens (primary N) is 1. The molecule has 2 N–H and O–H groups in total. The second-order valence-electron chi connectivity index (χ2n) is 5.85. The minimum Gasteiger partial charge on any atom is -0.399 e. The van der Waals surface area contributed by atoms with Crippen molar-refractivity contribution in [2.75, 3.05) is 5.73 Å². The maximum absolute atomic E-state index is 5.74. The number of rotatable bonds is 3. The van der Waals surface area contributed by atoms with E-state index >= 15 is 0 Å². The van der Waals surface area contributed by atoms with Crippen LogP contribution in [0.25, 0.3) is 11.1 Å². The highest BCUT2D eigenvalue weighted by Gasteiger charge is 2.25. The normalized spacial score (nSPS) is 22.9. The number of anilines is 1. The van der Waals surface area contributed by atoms with Gasteiger partial charge in [-0.3, -0.25) is 4.68 Å². The maximum atomic E-state index is 5.74. The van der Waals surface area contributed by atoms with Crippen molar-refractivity contribution in [1.29, 1.82) is 0 Å². The molecule has 1 aliphatic carbocycles. The molecule has 0 saturated heterocycles. The van der Waals surface area contributed by atoms with Gasteiger partial charge in [0.15, 0.2) is 0 Å². The fourth-order valence-electron chi connectivity index (χ4n) is 3.36. The molecule has 2 atom stereocenters. The molecule has 0 aliphatic heterocycles. The molecule has 0 bridgehead atoms. The molecular weight excluding hydrogens is 246 g/mol. The first kappa shape index (κ1) is 13.2. The number of nitrogens with zero attached hydrogens (tertiary/aromatic N) is 2. The quantitative estimate of drug-likeness (QED) is 0.845. The second kappa shape index (κ2) is 5.70. The zero-order valence-corrected chi connectivity index (χ0v) is 12.1. The van der Waals surface area contributed by atoms with Crippen molar-refractivity contribution < 1.29 is 0 Å². The molecule has 1 fully saturated rings. The third kappa shape index (κ3) is 2.58. The van der Waals surface area contributed by atoms with E-state index in [2.05, 4.69) is 35.0 Å². The summed E-state index contributed by atoms with van der Waals surface area (Å²) in [6, 6.07) is 8.60. The first-order chi connectivity index (χ1) is 9.78. The minimum absolute atomic E-state index is 0.580. The molecule has 20 heavy (non-hydrogen) atoms. The fraction of sp³-hybridized carbons (Fsp3) is 0.471. The van der Waals surface area contributed by atoms with E-state index in [0.717, 1.165) is 11.6 Å². The Balaban J connectivity index is 1.84. The summed E-state index contributed by atoms with van der Waals surface area (Å²) >= 11 is 0. The number of aromatic nitrogens is 2. The molecule has 3 rings (SSSR count). The first-order valence-corrected chi connectivity index (χ1v) is 7.68. The second-order valence-corrected chi connectivity index (χ2v) is 5.85. The molecule has 1 aromatic carbocycles. The fourth-order valence-corrected chi connectivity index (χ4v) is 3.36. The average molecular weight is 269 g/mol. The lowest BCUT2D eigenvalue weighted by Gasteiger charge is -2.30. The number of nitrogen functional groups attached to an aromatic ring is 1. The molecule has 0 amide bonds. The van der Waals surface area contributed by atoms with E-state index in [9.17, 15) is 0 Å². The van der Waals surface area contributed by atoms with Gasteiger partial charge in [-0.2, -0.15) is 5.10 Å². The minimum atomic E-state index is 0.580. The van der Waals surface area contributed by atoms with Crippen molar-refractivity contribution in [1.82, 2.24) is 9.78 Å². The highest BCUT2D eigenvalue weighted by atomic mass is 15.3. The third-order valence-corrected chi connectivity index (χ3v) is 4.58. The lowest BCUT2D eigenvalue weighted by atomic mass is 9.83. The van der Waals surface area contributed by atoms with Gasteiger partial charge in [0.25, 0.3) is 0 Å². The van der Waals surface area contributed by atoms with Crippen LogP contribution < -0.4 is 5.73 Å². The molecule has 3 heteroatoms. The zero-order chi connectivity index (χ0) is 13.9. The lowest BCUT2D eigenvalue weighted by molar-refractivity contribution is 0.217. The lowest BCUT2D eigenvalue weighted by Crippen LogP contribution is -2.23. The number of benzene rings is 1. The van der Waals surface area contributed by atoms with Crippen LogP contribution in [0.1, 0.15) is 45.1 Å². The Kier molecular flexibility index (Phi) is 3.77. The van der Waals surface area contributed by atoms with Gasteiger partial charge in [0.1, 0.15) is 0 Å². The van der Waals surface area contributed by atoms with Crippen LogP contribution in [0.15, 0.2) is 36.7 Å². The molecule has 1 heterocycles. The molecule has 1 saturated carbocycles. The van der Waals surface area contributed by atoms with Crippen LogP contribution in [-0.2, 0) is 0 Å². The van der Waals surface area contributed by atoms with E-state index in [1.54, 1.807) is 0 Å². The highest BCUT2D eigenvalue weighted by molar-refractivity contribution is 5.64. The highest BCUT2D eigenvalue weighted by Crippen LogP contribution is 2.36. The van der Waals surface area contributed by atoms with Crippen LogP contribution in [0, 0.1) is 5.92 Å². The Hall–Kier alpha value is -1.77. The summed E-state index contributed by atoms with van der Waals surface area (Å²) in [5, 5.41) is 4.62. The molecule has 1 aliphatic rings. The Morgan fingerprint density at radius 2 is 1.90 bits per heavy atom. The summed E-state index contributed by atoms with van der Waals surface area (Å²) in [4.78, 5) is 0.